The number of furan rings is 1. The van der Waals surface area contributed by atoms with Gasteiger partial charge in [0.2, 0.25) is 0 Å². The maximum atomic E-state index is 12.0. The van der Waals surface area contributed by atoms with Crippen molar-refractivity contribution in [1.82, 2.24) is 0 Å². The summed E-state index contributed by atoms with van der Waals surface area (Å²) in [6.07, 6.45) is -5.37. The summed E-state index contributed by atoms with van der Waals surface area (Å²) in [6.45, 7) is 0.221. The summed E-state index contributed by atoms with van der Waals surface area (Å²) >= 11 is 0. The van der Waals surface area contributed by atoms with Crippen molar-refractivity contribution >= 4 is 0 Å². The van der Waals surface area contributed by atoms with E-state index in [2.05, 4.69) is 0 Å². The molecule has 0 bridgehead atoms. The van der Waals surface area contributed by atoms with Crippen molar-refractivity contribution in [3.05, 3.63) is 23.7 Å². The molecule has 0 spiro atoms. The van der Waals surface area contributed by atoms with Gasteiger partial charge in [-0.1, -0.05) is 0 Å². The van der Waals surface area contributed by atoms with Crippen molar-refractivity contribution in [2.24, 2.45) is 5.73 Å². The summed E-state index contributed by atoms with van der Waals surface area (Å²) in [5, 5.41) is 0. The largest absolute Gasteiger partial charge is 0.462 e. The fourth-order valence-electron chi connectivity index (χ4n) is 1.16. The highest BCUT2D eigenvalue weighted by Gasteiger charge is 2.32. The second kappa shape index (κ2) is 4.67. The van der Waals surface area contributed by atoms with Gasteiger partial charge in [-0.25, -0.2) is 0 Å². The molecule has 0 aliphatic carbocycles. The quantitative estimate of drug-likeness (QED) is 0.852. The van der Waals surface area contributed by atoms with E-state index in [1.54, 1.807) is 6.07 Å². The van der Waals surface area contributed by atoms with Crippen LogP contribution in [0.3, 0.4) is 0 Å². The highest BCUT2D eigenvalue weighted by Crippen LogP contribution is 2.28. The molecular formula is C9H12F3NO2. The number of rotatable bonds is 4. The van der Waals surface area contributed by atoms with Crippen LogP contribution < -0.4 is 5.73 Å². The molecule has 0 aromatic carbocycles. The smallest absolute Gasteiger partial charge is 0.391 e. The minimum Gasteiger partial charge on any atom is -0.462 e. The Morgan fingerprint density at radius 2 is 2.13 bits per heavy atom. The summed E-state index contributed by atoms with van der Waals surface area (Å²) < 4.78 is 45.8. The third kappa shape index (κ3) is 3.93. The Labute approximate surface area is 85.0 Å². The lowest BCUT2D eigenvalue weighted by molar-refractivity contribution is -0.139. The maximum Gasteiger partial charge on any atom is 0.391 e. The van der Waals surface area contributed by atoms with E-state index in [0.717, 1.165) is 0 Å². The third-order valence-corrected chi connectivity index (χ3v) is 1.79. The van der Waals surface area contributed by atoms with Crippen LogP contribution in [0.2, 0.25) is 0 Å². The zero-order valence-electron chi connectivity index (χ0n) is 8.17. The summed E-state index contributed by atoms with van der Waals surface area (Å²) in [5.74, 6) is 0.587. The van der Waals surface area contributed by atoms with E-state index < -0.39 is 18.6 Å². The van der Waals surface area contributed by atoms with Gasteiger partial charge in [0.15, 0.2) is 0 Å². The molecule has 6 heteroatoms. The minimum atomic E-state index is -4.28. The van der Waals surface area contributed by atoms with Gasteiger partial charge in [-0.05, 0) is 12.1 Å². The van der Waals surface area contributed by atoms with Gasteiger partial charge in [0.1, 0.15) is 18.1 Å². The normalized spacial score (nSPS) is 14.2. The fraction of sp³-hybridized carbons (Fsp3) is 0.556. The average molecular weight is 223 g/mol. The Morgan fingerprint density at radius 1 is 1.47 bits per heavy atom. The Kier molecular flexibility index (Phi) is 3.76. The van der Waals surface area contributed by atoms with Crippen molar-refractivity contribution in [3.63, 3.8) is 0 Å². The molecular weight excluding hydrogens is 211 g/mol. The molecule has 0 aliphatic rings. The monoisotopic (exact) mass is 223 g/mol. The van der Waals surface area contributed by atoms with Gasteiger partial charge in [-0.15, -0.1) is 0 Å². The van der Waals surface area contributed by atoms with Gasteiger partial charge in [-0.2, -0.15) is 13.2 Å². The zero-order chi connectivity index (χ0) is 11.5. The summed E-state index contributed by atoms with van der Waals surface area (Å²) in [4.78, 5) is 0. The van der Waals surface area contributed by atoms with Crippen LogP contribution in [0.25, 0.3) is 0 Å². The van der Waals surface area contributed by atoms with Crippen molar-refractivity contribution in [1.29, 1.82) is 0 Å². The predicted molar refractivity (Wildman–Crippen MR) is 47.0 cm³/mol. The number of methoxy groups -OCH3 is 1. The SMILES string of the molecule is COCc1ccc(C(N)CC(F)(F)F)o1. The van der Waals surface area contributed by atoms with Crippen LogP contribution in [-0.2, 0) is 11.3 Å². The standard InChI is InChI=1S/C9H12F3NO2/c1-14-5-6-2-3-8(15-6)7(13)4-9(10,11)12/h2-3,7H,4-5,13H2,1H3. The number of hydrogen-bond donors (Lipinski definition) is 1. The van der Waals surface area contributed by atoms with E-state index >= 15 is 0 Å². The second-order valence-electron chi connectivity index (χ2n) is 3.16. The van der Waals surface area contributed by atoms with Crippen molar-refractivity contribution in [3.8, 4) is 0 Å². The zero-order valence-corrected chi connectivity index (χ0v) is 8.17. The van der Waals surface area contributed by atoms with Crippen molar-refractivity contribution in [2.45, 2.75) is 25.2 Å². The van der Waals surface area contributed by atoms with Crippen LogP contribution in [0.1, 0.15) is 24.0 Å². The van der Waals surface area contributed by atoms with E-state index in [4.69, 9.17) is 14.9 Å². The number of nitrogens with two attached hydrogens (primary N) is 1. The Balaban J connectivity index is 2.61. The summed E-state index contributed by atoms with van der Waals surface area (Å²) in [7, 11) is 1.47. The van der Waals surface area contributed by atoms with Gasteiger partial charge in [0, 0.05) is 7.11 Å². The molecule has 1 atom stereocenters. The molecule has 0 amide bonds. The predicted octanol–water partition coefficient (Wildman–Crippen LogP) is 2.38. The molecule has 2 N–H and O–H groups in total. The maximum absolute atomic E-state index is 12.0. The molecule has 0 radical (unpaired) electrons. The molecule has 1 aromatic heterocycles. The van der Waals surface area contributed by atoms with Crippen LogP contribution >= 0.6 is 0 Å². The van der Waals surface area contributed by atoms with Gasteiger partial charge in [0.05, 0.1) is 12.5 Å². The van der Waals surface area contributed by atoms with Crippen LogP contribution in [0.15, 0.2) is 16.5 Å². The van der Waals surface area contributed by atoms with Crippen LogP contribution in [0.4, 0.5) is 13.2 Å². The number of ether oxygens (including phenoxy) is 1. The van der Waals surface area contributed by atoms with Gasteiger partial charge in [0.25, 0.3) is 0 Å². The van der Waals surface area contributed by atoms with Gasteiger partial charge < -0.3 is 14.9 Å². The first kappa shape index (κ1) is 12.1. The highest BCUT2D eigenvalue weighted by molar-refractivity contribution is 5.10. The molecule has 0 fully saturated rings. The molecule has 86 valence electrons. The number of alkyl halides is 3. The average Bonchev–Trinajstić information content (AvgIpc) is 2.50. The van der Waals surface area contributed by atoms with E-state index in [1.165, 1.54) is 13.2 Å². The van der Waals surface area contributed by atoms with Gasteiger partial charge >= 0.3 is 6.18 Å². The lowest BCUT2D eigenvalue weighted by Gasteiger charge is -2.11. The lowest BCUT2D eigenvalue weighted by Crippen LogP contribution is -2.19. The Morgan fingerprint density at radius 3 is 2.67 bits per heavy atom. The first-order valence-electron chi connectivity index (χ1n) is 4.32. The Bertz CT molecular complexity index is 309. The Hall–Kier alpha value is -1.01. The van der Waals surface area contributed by atoms with E-state index in [1.807, 2.05) is 0 Å². The molecule has 1 unspecified atom stereocenters. The summed E-state index contributed by atoms with van der Waals surface area (Å²) in [5.41, 5.74) is 5.34. The molecule has 1 heterocycles. The van der Waals surface area contributed by atoms with E-state index in [-0.39, 0.29) is 12.4 Å². The topological polar surface area (TPSA) is 48.4 Å². The fourth-order valence-corrected chi connectivity index (χ4v) is 1.16. The molecule has 15 heavy (non-hydrogen) atoms. The highest BCUT2D eigenvalue weighted by atomic mass is 19.4. The van der Waals surface area contributed by atoms with Crippen LogP contribution in [0.5, 0.6) is 0 Å². The van der Waals surface area contributed by atoms with Gasteiger partial charge in [-0.3, -0.25) is 0 Å². The van der Waals surface area contributed by atoms with E-state index in [9.17, 15) is 13.2 Å². The van der Waals surface area contributed by atoms with E-state index in [0.29, 0.717) is 5.76 Å². The minimum absolute atomic E-state index is 0.124. The molecule has 3 nitrogen and oxygen atoms in total. The lowest BCUT2D eigenvalue weighted by atomic mass is 10.2. The molecule has 1 aromatic rings. The third-order valence-electron chi connectivity index (χ3n) is 1.79. The van der Waals surface area contributed by atoms with Crippen molar-refractivity contribution in [2.75, 3.05) is 7.11 Å². The molecule has 0 saturated carbocycles. The first-order chi connectivity index (χ1) is 6.92. The second-order valence-corrected chi connectivity index (χ2v) is 3.16. The molecule has 0 saturated heterocycles. The summed E-state index contributed by atoms with van der Waals surface area (Å²) in [6, 6.07) is 1.83. The van der Waals surface area contributed by atoms with Crippen molar-refractivity contribution < 1.29 is 22.3 Å². The number of halogens is 3. The molecule has 0 aliphatic heterocycles. The number of hydrogen-bond acceptors (Lipinski definition) is 3. The molecule has 1 rings (SSSR count). The van der Waals surface area contributed by atoms with Crippen LogP contribution in [-0.4, -0.2) is 13.3 Å². The first-order valence-corrected chi connectivity index (χ1v) is 4.32. The van der Waals surface area contributed by atoms with Crippen LogP contribution in [0, 0.1) is 0 Å².